The van der Waals surface area contributed by atoms with Crippen molar-refractivity contribution in [3.8, 4) is 0 Å². The predicted octanol–water partition coefficient (Wildman–Crippen LogP) is 0.912. The van der Waals surface area contributed by atoms with E-state index in [0.29, 0.717) is 12.2 Å². The van der Waals surface area contributed by atoms with Gasteiger partial charge in [0.15, 0.2) is 0 Å². The average molecular weight is 343 g/mol. The second kappa shape index (κ2) is 6.06. The van der Waals surface area contributed by atoms with Crippen LogP contribution in [0.15, 0.2) is 24.3 Å². The molecule has 2 heterocycles. The smallest absolute Gasteiger partial charge is 0.325 e. The number of amides is 4. The zero-order chi connectivity index (χ0) is 18.4. The Bertz CT molecular complexity index is 714. The highest BCUT2D eigenvalue weighted by atomic mass is 16.2. The van der Waals surface area contributed by atoms with Crippen LogP contribution in [0.4, 0.5) is 10.5 Å². The topological polar surface area (TPSA) is 110 Å². The molecule has 133 valence electrons. The van der Waals surface area contributed by atoms with E-state index in [1.807, 2.05) is 32.4 Å². The number of fused-ring (bicyclic) bond motifs is 1. The molecule has 2 fully saturated rings. The van der Waals surface area contributed by atoms with Gasteiger partial charge in [-0.05, 0) is 36.0 Å². The van der Waals surface area contributed by atoms with Gasteiger partial charge in [0.05, 0.1) is 6.04 Å². The minimum atomic E-state index is -0.695. The maximum Gasteiger partial charge on any atom is 0.325 e. The summed E-state index contributed by atoms with van der Waals surface area (Å²) >= 11 is 0. The lowest BCUT2D eigenvalue weighted by molar-refractivity contribution is -0.120. The van der Waals surface area contributed by atoms with Gasteiger partial charge in [0, 0.05) is 18.7 Å². The molecule has 3 rings (SSSR count). The third kappa shape index (κ3) is 2.94. The van der Waals surface area contributed by atoms with Gasteiger partial charge in [0.1, 0.15) is 6.04 Å². The Hall–Kier alpha value is -2.57. The fraction of sp³-hybridized carbons (Fsp3) is 0.444. The molecule has 7 heteroatoms. The predicted molar refractivity (Wildman–Crippen MR) is 93.5 cm³/mol. The van der Waals surface area contributed by atoms with E-state index < -0.39 is 17.4 Å². The molecule has 7 nitrogen and oxygen atoms in total. The van der Waals surface area contributed by atoms with Crippen LogP contribution in [0.25, 0.3) is 0 Å². The summed E-state index contributed by atoms with van der Waals surface area (Å²) in [7, 11) is 0. The lowest BCUT2D eigenvalue weighted by Crippen LogP contribution is -2.46. The number of carbonyl (C=O) groups excluding carboxylic acids is 3. The maximum absolute atomic E-state index is 12.7. The Labute approximate surface area is 146 Å². The number of rotatable bonds is 5. The Morgan fingerprint density at radius 2 is 1.84 bits per heavy atom. The molecule has 1 aromatic rings. The molecule has 4 amide bonds. The van der Waals surface area contributed by atoms with Crippen molar-refractivity contribution in [1.29, 1.82) is 0 Å². The van der Waals surface area contributed by atoms with Crippen LogP contribution in [0.3, 0.4) is 0 Å². The summed E-state index contributed by atoms with van der Waals surface area (Å²) in [6, 6.07) is 6.12. The average Bonchev–Trinajstić information content (AvgIpc) is 3.08. The van der Waals surface area contributed by atoms with Gasteiger partial charge >= 0.3 is 6.03 Å². The summed E-state index contributed by atoms with van der Waals surface area (Å²) in [6.45, 7) is 4.48. The normalized spacial score (nSPS) is 23.0. The summed E-state index contributed by atoms with van der Waals surface area (Å²) in [5.74, 6) is -0.883. The number of urea groups is 1. The monoisotopic (exact) mass is 343 g/mol. The van der Waals surface area contributed by atoms with Crippen LogP contribution < -0.4 is 16.4 Å². The lowest BCUT2D eigenvalue weighted by atomic mass is 9.81. The molecule has 2 aliphatic rings. The molecular formula is C18H23N4O3. The molecule has 0 aromatic heterocycles. The number of anilines is 1. The van der Waals surface area contributed by atoms with E-state index in [4.69, 9.17) is 11.5 Å². The second-order valence-electron chi connectivity index (χ2n) is 7.28. The highest BCUT2D eigenvalue weighted by Gasteiger charge is 2.51. The number of hydrogen-bond acceptors (Lipinski definition) is 3. The van der Waals surface area contributed by atoms with Crippen molar-refractivity contribution in [1.82, 2.24) is 4.90 Å². The Balaban J connectivity index is 1.90. The molecule has 0 saturated carbocycles. The molecule has 1 radical (unpaired) electrons. The molecular weight excluding hydrogens is 320 g/mol. The standard InChI is InChI=1S/C18H23N4O3/c1-18(2,10-14(19)23)11-5-7-12(8-6-11)22-15(16(20)24)13-4-3-9-21(13)17(22)25/h4-8,13,15H,3,9-10H2,1-2H3,(H2,19,23)(H2,20,24)/t13-,15?/m1/s1. The van der Waals surface area contributed by atoms with E-state index >= 15 is 0 Å². The van der Waals surface area contributed by atoms with Gasteiger partial charge in [-0.2, -0.15) is 0 Å². The van der Waals surface area contributed by atoms with Gasteiger partial charge in [-0.3, -0.25) is 14.5 Å². The van der Waals surface area contributed by atoms with E-state index in [0.717, 1.165) is 12.0 Å². The number of nitrogens with zero attached hydrogens (tertiary/aromatic N) is 2. The maximum atomic E-state index is 12.7. The summed E-state index contributed by atoms with van der Waals surface area (Å²) in [4.78, 5) is 39.0. The van der Waals surface area contributed by atoms with Crippen LogP contribution in [0.2, 0.25) is 0 Å². The van der Waals surface area contributed by atoms with Crippen LogP contribution >= 0.6 is 0 Å². The molecule has 1 aromatic carbocycles. The largest absolute Gasteiger partial charge is 0.370 e. The first-order chi connectivity index (χ1) is 11.7. The fourth-order valence-electron chi connectivity index (χ4n) is 3.77. The van der Waals surface area contributed by atoms with Crippen molar-refractivity contribution in [3.63, 3.8) is 0 Å². The first-order valence-corrected chi connectivity index (χ1v) is 8.34. The molecule has 2 atom stereocenters. The van der Waals surface area contributed by atoms with Gasteiger partial charge in [-0.25, -0.2) is 4.79 Å². The summed E-state index contributed by atoms with van der Waals surface area (Å²) in [6.07, 6.45) is 2.97. The summed E-state index contributed by atoms with van der Waals surface area (Å²) in [5.41, 5.74) is 12.0. The van der Waals surface area contributed by atoms with E-state index in [2.05, 4.69) is 0 Å². The van der Waals surface area contributed by atoms with Crippen molar-refractivity contribution in [2.24, 2.45) is 11.5 Å². The molecule has 1 unspecified atom stereocenters. The Morgan fingerprint density at radius 1 is 1.20 bits per heavy atom. The number of primary amides is 2. The van der Waals surface area contributed by atoms with E-state index in [-0.39, 0.29) is 24.4 Å². The minimum Gasteiger partial charge on any atom is -0.370 e. The first kappa shape index (κ1) is 17.3. The first-order valence-electron chi connectivity index (χ1n) is 8.34. The van der Waals surface area contributed by atoms with Gasteiger partial charge < -0.3 is 16.4 Å². The quantitative estimate of drug-likeness (QED) is 0.829. The zero-order valence-corrected chi connectivity index (χ0v) is 14.4. The van der Waals surface area contributed by atoms with E-state index in [9.17, 15) is 14.4 Å². The molecule has 25 heavy (non-hydrogen) atoms. The third-order valence-corrected chi connectivity index (χ3v) is 5.03. The van der Waals surface area contributed by atoms with Gasteiger partial charge in [0.2, 0.25) is 11.8 Å². The van der Waals surface area contributed by atoms with E-state index in [1.54, 1.807) is 17.0 Å². The Morgan fingerprint density at radius 3 is 2.40 bits per heavy atom. The molecule has 4 N–H and O–H groups in total. The molecule has 2 saturated heterocycles. The van der Waals surface area contributed by atoms with Gasteiger partial charge in [-0.1, -0.05) is 26.0 Å². The number of hydrogen-bond donors (Lipinski definition) is 2. The number of benzene rings is 1. The molecule has 0 spiro atoms. The van der Waals surface area contributed by atoms with Crippen molar-refractivity contribution in [3.05, 3.63) is 36.2 Å². The van der Waals surface area contributed by atoms with Crippen molar-refractivity contribution >= 4 is 23.5 Å². The van der Waals surface area contributed by atoms with Crippen LogP contribution in [0.5, 0.6) is 0 Å². The van der Waals surface area contributed by atoms with Crippen LogP contribution in [0, 0.1) is 6.42 Å². The number of nitrogens with two attached hydrogens (primary N) is 2. The third-order valence-electron chi connectivity index (χ3n) is 5.03. The minimum absolute atomic E-state index is 0.202. The molecule has 0 aliphatic carbocycles. The van der Waals surface area contributed by atoms with Gasteiger partial charge in [0.25, 0.3) is 0 Å². The highest BCUT2D eigenvalue weighted by molar-refractivity contribution is 6.04. The van der Waals surface area contributed by atoms with Crippen LogP contribution in [-0.2, 0) is 15.0 Å². The van der Waals surface area contributed by atoms with E-state index in [1.165, 1.54) is 4.90 Å². The zero-order valence-electron chi connectivity index (χ0n) is 14.4. The lowest BCUT2D eigenvalue weighted by Gasteiger charge is -2.26. The second-order valence-corrected chi connectivity index (χ2v) is 7.28. The molecule has 0 bridgehead atoms. The van der Waals surface area contributed by atoms with Crippen molar-refractivity contribution in [2.75, 3.05) is 11.4 Å². The van der Waals surface area contributed by atoms with Crippen LogP contribution in [-0.4, -0.2) is 41.4 Å². The summed E-state index contributed by atoms with van der Waals surface area (Å²) < 4.78 is 0. The molecule has 2 aliphatic heterocycles. The Kier molecular flexibility index (Phi) is 4.18. The highest BCUT2D eigenvalue weighted by Crippen LogP contribution is 2.36. The summed E-state index contributed by atoms with van der Waals surface area (Å²) in [5, 5.41) is 0. The SMILES string of the molecule is CC(C)(CC(N)=O)c1ccc(N2C(=O)N3CC[CH][C@@H]3C2C(N)=O)cc1. The van der Waals surface area contributed by atoms with Crippen LogP contribution in [0.1, 0.15) is 32.3 Å². The van der Waals surface area contributed by atoms with Gasteiger partial charge in [-0.15, -0.1) is 0 Å². The van der Waals surface area contributed by atoms with Crippen molar-refractivity contribution < 1.29 is 14.4 Å². The fourth-order valence-corrected chi connectivity index (χ4v) is 3.77. The van der Waals surface area contributed by atoms with Crippen molar-refractivity contribution in [2.45, 2.75) is 44.2 Å². The number of carbonyl (C=O) groups is 3.